The van der Waals surface area contributed by atoms with Crippen molar-refractivity contribution in [1.82, 2.24) is 0 Å². The summed E-state index contributed by atoms with van der Waals surface area (Å²) in [5.41, 5.74) is 0. The Hall–Kier alpha value is -2.13. The summed E-state index contributed by atoms with van der Waals surface area (Å²) in [5, 5.41) is 0. The first kappa shape index (κ1) is 22.6. The number of methoxy groups -OCH3 is 1. The molecule has 1 aliphatic rings. The molecule has 0 amide bonds. The van der Waals surface area contributed by atoms with E-state index in [-0.39, 0.29) is 17.1 Å². The van der Waals surface area contributed by atoms with Crippen molar-refractivity contribution in [3.05, 3.63) is 78.0 Å². The van der Waals surface area contributed by atoms with Crippen molar-refractivity contribution in [3.8, 4) is 11.5 Å². The maximum atomic E-state index is 12.6. The Morgan fingerprint density at radius 1 is 1.03 bits per heavy atom. The van der Waals surface area contributed by atoms with Gasteiger partial charge in [-0.2, -0.15) is 8.42 Å². The molecular weight excluding hydrogens is 472 g/mol. The lowest BCUT2D eigenvalue weighted by Gasteiger charge is -2.32. The zero-order valence-electron chi connectivity index (χ0n) is 16.4. The molecule has 0 saturated carbocycles. The topological polar surface area (TPSA) is 71.1 Å². The van der Waals surface area contributed by atoms with Gasteiger partial charge in [-0.15, -0.1) is 6.58 Å². The maximum absolute atomic E-state index is 12.6. The lowest BCUT2D eigenvalue weighted by Crippen LogP contribution is -2.36. The van der Waals surface area contributed by atoms with Crippen LogP contribution < -0.4 is 9.47 Å². The van der Waals surface area contributed by atoms with Crippen molar-refractivity contribution < 1.29 is 26.8 Å². The number of ether oxygens (including phenoxy) is 3. The summed E-state index contributed by atoms with van der Waals surface area (Å²) < 4.78 is 48.1. The SMILES string of the molecule is C=C[C@@H]1C[C@H](OS(=O)(=O)c2ccc(Br)cc2)C[C@H](/C=C\Oc2ccc(OC)cc2)O1. The normalized spacial score (nSPS) is 22.0. The summed E-state index contributed by atoms with van der Waals surface area (Å²) in [5.74, 6) is 1.39. The molecule has 0 radical (unpaired) electrons. The van der Waals surface area contributed by atoms with Crippen molar-refractivity contribution in [2.75, 3.05) is 7.11 Å². The van der Waals surface area contributed by atoms with Crippen LogP contribution in [0.5, 0.6) is 11.5 Å². The van der Waals surface area contributed by atoms with Gasteiger partial charge in [-0.3, -0.25) is 4.18 Å². The largest absolute Gasteiger partial charge is 0.497 e. The monoisotopic (exact) mass is 494 g/mol. The average molecular weight is 495 g/mol. The van der Waals surface area contributed by atoms with Crippen LogP contribution in [0.25, 0.3) is 0 Å². The lowest BCUT2D eigenvalue weighted by molar-refractivity contribution is -0.0455. The number of hydrogen-bond acceptors (Lipinski definition) is 6. The fraction of sp³-hybridized carbons (Fsp3) is 0.273. The third kappa shape index (κ3) is 6.18. The molecule has 2 aromatic rings. The molecule has 30 heavy (non-hydrogen) atoms. The first-order valence-corrected chi connectivity index (χ1v) is 11.5. The molecule has 0 N–H and O–H groups in total. The average Bonchev–Trinajstić information content (AvgIpc) is 2.74. The second-order valence-corrected chi connectivity index (χ2v) is 9.16. The summed E-state index contributed by atoms with van der Waals surface area (Å²) in [6.45, 7) is 3.76. The molecule has 1 aliphatic heterocycles. The van der Waals surface area contributed by atoms with Crippen molar-refractivity contribution in [2.24, 2.45) is 0 Å². The smallest absolute Gasteiger partial charge is 0.297 e. The van der Waals surface area contributed by atoms with Gasteiger partial charge < -0.3 is 14.2 Å². The zero-order valence-corrected chi connectivity index (χ0v) is 18.8. The minimum Gasteiger partial charge on any atom is -0.497 e. The van der Waals surface area contributed by atoms with E-state index in [1.807, 2.05) is 0 Å². The van der Waals surface area contributed by atoms with E-state index in [9.17, 15) is 8.42 Å². The third-order valence-corrected chi connectivity index (χ3v) is 6.43. The van der Waals surface area contributed by atoms with Gasteiger partial charge in [0.2, 0.25) is 0 Å². The Labute approximate surface area is 185 Å². The van der Waals surface area contributed by atoms with Crippen molar-refractivity contribution in [3.63, 3.8) is 0 Å². The highest BCUT2D eigenvalue weighted by atomic mass is 79.9. The van der Waals surface area contributed by atoms with Crippen LogP contribution in [0, 0.1) is 0 Å². The number of benzene rings is 2. The molecule has 6 nitrogen and oxygen atoms in total. The molecule has 1 fully saturated rings. The minimum absolute atomic E-state index is 0.113. The number of rotatable bonds is 8. The molecule has 0 bridgehead atoms. The second-order valence-electron chi connectivity index (χ2n) is 6.67. The summed E-state index contributed by atoms with van der Waals surface area (Å²) in [7, 11) is -2.28. The van der Waals surface area contributed by atoms with Gasteiger partial charge >= 0.3 is 0 Å². The summed E-state index contributed by atoms with van der Waals surface area (Å²) in [6.07, 6.45) is 4.47. The van der Waals surface area contributed by atoms with Gasteiger partial charge in [0, 0.05) is 17.3 Å². The molecule has 0 unspecified atom stereocenters. The van der Waals surface area contributed by atoms with Gasteiger partial charge in [-0.1, -0.05) is 22.0 Å². The summed E-state index contributed by atoms with van der Waals surface area (Å²) >= 11 is 3.29. The molecule has 3 rings (SSSR count). The van der Waals surface area contributed by atoms with Crippen LogP contribution in [0.4, 0.5) is 0 Å². The van der Waals surface area contributed by atoms with Gasteiger partial charge in [-0.25, -0.2) is 0 Å². The zero-order chi connectivity index (χ0) is 21.6. The molecule has 0 aromatic heterocycles. The molecule has 3 atom stereocenters. The third-order valence-electron chi connectivity index (χ3n) is 4.52. The molecule has 1 heterocycles. The van der Waals surface area contributed by atoms with Crippen LogP contribution in [0.15, 0.2) is 82.9 Å². The van der Waals surface area contributed by atoms with E-state index < -0.39 is 16.2 Å². The number of hydrogen-bond donors (Lipinski definition) is 0. The van der Waals surface area contributed by atoms with Gasteiger partial charge in [-0.05, 0) is 54.6 Å². The molecule has 0 aliphatic carbocycles. The fourth-order valence-electron chi connectivity index (χ4n) is 3.00. The van der Waals surface area contributed by atoms with E-state index >= 15 is 0 Å². The number of halogens is 1. The highest BCUT2D eigenvalue weighted by Crippen LogP contribution is 2.27. The van der Waals surface area contributed by atoms with Gasteiger partial charge in [0.1, 0.15) is 11.5 Å². The van der Waals surface area contributed by atoms with Crippen molar-refractivity contribution in [1.29, 1.82) is 0 Å². The predicted molar refractivity (Wildman–Crippen MR) is 117 cm³/mol. The van der Waals surface area contributed by atoms with Crippen LogP contribution >= 0.6 is 15.9 Å². The van der Waals surface area contributed by atoms with Gasteiger partial charge in [0.05, 0.1) is 36.6 Å². The van der Waals surface area contributed by atoms with E-state index in [0.29, 0.717) is 18.6 Å². The fourth-order valence-corrected chi connectivity index (χ4v) is 4.36. The Morgan fingerprint density at radius 2 is 1.67 bits per heavy atom. The minimum atomic E-state index is -3.88. The first-order valence-electron chi connectivity index (χ1n) is 9.34. The van der Waals surface area contributed by atoms with Crippen LogP contribution in [-0.2, 0) is 19.0 Å². The van der Waals surface area contributed by atoms with Crippen LogP contribution in [0.1, 0.15) is 12.8 Å². The summed E-state index contributed by atoms with van der Waals surface area (Å²) in [6, 6.07) is 13.5. The van der Waals surface area contributed by atoms with Crippen LogP contribution in [0.2, 0.25) is 0 Å². The molecule has 8 heteroatoms. The van der Waals surface area contributed by atoms with Crippen molar-refractivity contribution >= 4 is 26.0 Å². The Kier molecular flexibility index (Phi) is 7.71. The molecule has 1 saturated heterocycles. The van der Waals surface area contributed by atoms with Gasteiger partial charge in [0.15, 0.2) is 0 Å². The van der Waals surface area contributed by atoms with E-state index in [2.05, 4.69) is 22.5 Å². The Morgan fingerprint density at radius 3 is 2.30 bits per heavy atom. The Bertz CT molecular complexity index is 970. The standard InChI is InChI=1S/C22H23BrO6S/c1-3-17-14-21(29-30(24,25)22-10-4-16(23)5-11-22)15-20(28-17)12-13-27-19-8-6-18(26-2)7-9-19/h3-13,17,20-21H,1,14-15H2,2H3/b13-12-/t17-,20+,21+/m1/s1. The lowest BCUT2D eigenvalue weighted by atomic mass is 10.0. The van der Waals surface area contributed by atoms with Crippen LogP contribution in [-0.4, -0.2) is 33.8 Å². The van der Waals surface area contributed by atoms with Crippen LogP contribution in [0.3, 0.4) is 0 Å². The Balaban J connectivity index is 1.63. The maximum Gasteiger partial charge on any atom is 0.297 e. The van der Waals surface area contributed by atoms with E-state index in [1.54, 1.807) is 55.7 Å². The van der Waals surface area contributed by atoms with E-state index in [4.69, 9.17) is 18.4 Å². The van der Waals surface area contributed by atoms with E-state index in [0.717, 1.165) is 10.2 Å². The molecule has 160 valence electrons. The van der Waals surface area contributed by atoms with Gasteiger partial charge in [0.25, 0.3) is 10.1 Å². The molecule has 2 aromatic carbocycles. The highest BCUT2D eigenvalue weighted by Gasteiger charge is 2.31. The second kappa shape index (κ2) is 10.3. The van der Waals surface area contributed by atoms with E-state index in [1.165, 1.54) is 18.4 Å². The predicted octanol–water partition coefficient (Wildman–Crippen LogP) is 4.86. The molecule has 0 spiro atoms. The van der Waals surface area contributed by atoms with Crippen molar-refractivity contribution in [2.45, 2.75) is 36.0 Å². The summed E-state index contributed by atoms with van der Waals surface area (Å²) in [4.78, 5) is 0.113. The molecular formula is C22H23BrO6S. The quantitative estimate of drug-likeness (QED) is 0.296. The first-order chi connectivity index (χ1) is 14.4. The highest BCUT2D eigenvalue weighted by molar-refractivity contribution is 9.10.